The van der Waals surface area contributed by atoms with Crippen LogP contribution in [0.4, 0.5) is 0 Å². The normalized spacial score (nSPS) is 12.3. The molecule has 3 aromatic rings. The van der Waals surface area contributed by atoms with Crippen molar-refractivity contribution in [2.75, 3.05) is 0 Å². The largest absolute Gasteiger partial charge is 0.449 e. The lowest BCUT2D eigenvalue weighted by atomic mass is 10.2. The van der Waals surface area contributed by atoms with Crippen LogP contribution in [-0.2, 0) is 5.75 Å². The van der Waals surface area contributed by atoms with Crippen LogP contribution in [0.25, 0.3) is 0 Å². The van der Waals surface area contributed by atoms with Gasteiger partial charge in [0.25, 0.3) is 5.91 Å². The molecule has 0 bridgehead atoms. The average Bonchev–Trinajstić information content (AvgIpc) is 2.72. The number of hydrogen-bond acceptors (Lipinski definition) is 5. The van der Waals surface area contributed by atoms with Crippen LogP contribution in [0.1, 0.15) is 21.6 Å². The van der Waals surface area contributed by atoms with E-state index in [9.17, 15) is 4.79 Å². The summed E-state index contributed by atoms with van der Waals surface area (Å²) in [6.45, 7) is 1.81. The molecule has 30 heavy (non-hydrogen) atoms. The smallest absolute Gasteiger partial charge is 0.254 e. The first-order valence-corrected chi connectivity index (χ1v) is 11.0. The second-order valence-electron chi connectivity index (χ2n) is 6.28. The van der Waals surface area contributed by atoms with Gasteiger partial charge in [-0.05, 0) is 24.6 Å². The molecule has 1 aromatic heterocycles. The highest BCUT2D eigenvalue weighted by Crippen LogP contribution is 2.32. The topological polar surface area (TPSA) is 64.1 Å². The van der Waals surface area contributed by atoms with Crippen molar-refractivity contribution in [3.63, 3.8) is 0 Å². The highest BCUT2D eigenvalue weighted by molar-refractivity contribution is 7.98. The molecule has 1 N–H and O–H groups in total. The molecular weight excluding hydrogens is 465 g/mol. The number of nitrogens with one attached hydrogen (secondary N) is 1. The van der Waals surface area contributed by atoms with Gasteiger partial charge in [0.2, 0.25) is 15.9 Å². The lowest BCUT2D eigenvalue weighted by molar-refractivity contribution is 0.0824. The van der Waals surface area contributed by atoms with Gasteiger partial charge in [0, 0.05) is 23.1 Å². The van der Waals surface area contributed by atoms with Gasteiger partial charge >= 0.3 is 0 Å². The number of benzene rings is 2. The number of nitrogens with zero attached hydrogens (tertiary/aromatic N) is 2. The first kappa shape index (κ1) is 22.7. The van der Waals surface area contributed by atoms with Crippen molar-refractivity contribution in [2.45, 2.75) is 27.9 Å². The molecule has 3 rings (SSSR count). The highest BCUT2D eigenvalue weighted by Gasteiger charge is 2.37. The Morgan fingerprint density at radius 1 is 1.07 bits per heavy atom. The van der Waals surface area contributed by atoms with E-state index in [2.05, 4.69) is 15.3 Å². The summed E-state index contributed by atoms with van der Waals surface area (Å²) in [4.78, 5) is 21.3. The maximum atomic E-state index is 12.5. The van der Waals surface area contributed by atoms with E-state index in [0.29, 0.717) is 22.2 Å². The Kier molecular flexibility index (Phi) is 7.83. The molecule has 1 amide bonds. The zero-order valence-electron chi connectivity index (χ0n) is 15.9. The maximum Gasteiger partial charge on any atom is 0.254 e. The number of alkyl halides is 3. The van der Waals surface area contributed by atoms with E-state index < -0.39 is 15.9 Å². The van der Waals surface area contributed by atoms with E-state index in [1.165, 1.54) is 11.8 Å². The molecule has 2 aromatic carbocycles. The third-order valence-corrected chi connectivity index (χ3v) is 5.37. The Balaban J connectivity index is 1.74. The lowest BCUT2D eigenvalue weighted by Gasteiger charge is -2.26. The van der Waals surface area contributed by atoms with E-state index in [1.807, 2.05) is 37.3 Å². The summed E-state index contributed by atoms with van der Waals surface area (Å²) in [5.74, 6) is 0.460. The number of carbonyl (C=O) groups is 1. The van der Waals surface area contributed by atoms with Crippen LogP contribution in [0.3, 0.4) is 0 Å². The zero-order valence-corrected chi connectivity index (χ0v) is 19.0. The summed E-state index contributed by atoms with van der Waals surface area (Å²) in [5.41, 5.74) is 2.25. The summed E-state index contributed by atoms with van der Waals surface area (Å²) in [6, 6.07) is 20.2. The van der Waals surface area contributed by atoms with Gasteiger partial charge in [-0.1, -0.05) is 95.1 Å². The van der Waals surface area contributed by atoms with Crippen LogP contribution >= 0.6 is 46.6 Å². The predicted molar refractivity (Wildman–Crippen MR) is 121 cm³/mol. The number of hydrogen-bond donors (Lipinski definition) is 1. The van der Waals surface area contributed by atoms with E-state index in [-0.39, 0.29) is 5.88 Å². The average molecular weight is 483 g/mol. The quantitative estimate of drug-likeness (QED) is 0.206. The zero-order chi connectivity index (χ0) is 21.6. The third-order valence-electron chi connectivity index (χ3n) is 3.86. The fourth-order valence-electron chi connectivity index (χ4n) is 2.45. The number of aryl methyl sites for hydroxylation is 1. The molecule has 1 heterocycles. The summed E-state index contributed by atoms with van der Waals surface area (Å²) in [5, 5.41) is 3.11. The molecule has 156 valence electrons. The van der Waals surface area contributed by atoms with E-state index in [1.54, 1.807) is 36.4 Å². The van der Waals surface area contributed by atoms with Crippen LogP contribution in [-0.4, -0.2) is 25.9 Å². The fourth-order valence-corrected chi connectivity index (χ4v) is 3.60. The predicted octanol–water partition coefficient (Wildman–Crippen LogP) is 5.58. The van der Waals surface area contributed by atoms with Gasteiger partial charge in [0.05, 0.1) is 0 Å². The Bertz CT molecular complexity index is 986. The van der Waals surface area contributed by atoms with Gasteiger partial charge in [-0.3, -0.25) is 4.79 Å². The minimum atomic E-state index is -1.92. The standard InChI is InChI=1S/C21H18Cl3N3O2S/c1-14-12-17(26-20(25-14)30-13-15-8-4-2-5-9-15)29-19(21(22,23)24)27-18(28)16-10-6-3-7-11-16/h2-12,19H,13H2,1H3,(H,27,28). The molecule has 1 unspecified atom stereocenters. The van der Waals surface area contributed by atoms with Crippen LogP contribution in [0.15, 0.2) is 71.9 Å². The molecule has 0 radical (unpaired) electrons. The van der Waals surface area contributed by atoms with E-state index in [4.69, 9.17) is 39.5 Å². The lowest BCUT2D eigenvalue weighted by Crippen LogP contribution is -2.48. The molecule has 0 saturated heterocycles. The Morgan fingerprint density at radius 2 is 1.70 bits per heavy atom. The first-order valence-electron chi connectivity index (χ1n) is 8.93. The maximum absolute atomic E-state index is 12.5. The highest BCUT2D eigenvalue weighted by atomic mass is 35.6. The van der Waals surface area contributed by atoms with Gasteiger partial charge in [-0.2, -0.15) is 4.98 Å². The van der Waals surface area contributed by atoms with Gasteiger partial charge in [0.1, 0.15) is 0 Å². The molecule has 5 nitrogen and oxygen atoms in total. The molecular formula is C21H18Cl3N3O2S. The number of ether oxygens (including phenoxy) is 1. The van der Waals surface area contributed by atoms with Crippen molar-refractivity contribution in [1.29, 1.82) is 0 Å². The molecule has 0 aliphatic rings. The molecule has 0 aliphatic heterocycles. The van der Waals surface area contributed by atoms with Crippen molar-refractivity contribution >= 4 is 52.5 Å². The molecule has 0 aliphatic carbocycles. The summed E-state index contributed by atoms with van der Waals surface area (Å²) in [6.07, 6.45) is -1.25. The molecule has 0 spiro atoms. The van der Waals surface area contributed by atoms with Crippen molar-refractivity contribution in [2.24, 2.45) is 0 Å². The van der Waals surface area contributed by atoms with Gasteiger partial charge in [-0.15, -0.1) is 0 Å². The minimum Gasteiger partial charge on any atom is -0.449 e. The van der Waals surface area contributed by atoms with E-state index in [0.717, 1.165) is 5.56 Å². The second kappa shape index (κ2) is 10.4. The van der Waals surface area contributed by atoms with Crippen LogP contribution < -0.4 is 10.1 Å². The summed E-state index contributed by atoms with van der Waals surface area (Å²) in [7, 11) is 0. The Labute approximate surface area is 194 Å². The van der Waals surface area contributed by atoms with Crippen LogP contribution in [0.5, 0.6) is 5.88 Å². The first-order chi connectivity index (χ1) is 14.3. The molecule has 1 atom stereocenters. The van der Waals surface area contributed by atoms with Crippen molar-refractivity contribution < 1.29 is 9.53 Å². The van der Waals surface area contributed by atoms with E-state index >= 15 is 0 Å². The number of carbonyl (C=O) groups excluding carboxylic acids is 1. The molecule has 0 saturated carbocycles. The van der Waals surface area contributed by atoms with Gasteiger partial charge in [0.15, 0.2) is 5.16 Å². The number of halogens is 3. The monoisotopic (exact) mass is 481 g/mol. The molecule has 0 fully saturated rings. The number of rotatable bonds is 7. The van der Waals surface area contributed by atoms with Crippen LogP contribution in [0, 0.1) is 6.92 Å². The summed E-state index contributed by atoms with van der Waals surface area (Å²) >= 11 is 19.6. The SMILES string of the molecule is Cc1cc(OC(NC(=O)c2ccccc2)C(Cl)(Cl)Cl)nc(SCc2ccccc2)n1. The number of amides is 1. The fraction of sp³-hybridized carbons (Fsp3) is 0.190. The summed E-state index contributed by atoms with van der Waals surface area (Å²) < 4.78 is 3.84. The van der Waals surface area contributed by atoms with Gasteiger partial charge < -0.3 is 10.1 Å². The Hall–Kier alpha value is -1.99. The molecule has 9 heteroatoms. The number of thioether (sulfide) groups is 1. The Morgan fingerprint density at radius 3 is 2.33 bits per heavy atom. The van der Waals surface area contributed by atoms with Crippen LogP contribution in [0.2, 0.25) is 0 Å². The minimum absolute atomic E-state index is 0.197. The third kappa shape index (κ3) is 6.77. The second-order valence-corrected chi connectivity index (χ2v) is 9.59. The number of aromatic nitrogens is 2. The van der Waals surface area contributed by atoms with Crippen molar-refractivity contribution in [3.8, 4) is 5.88 Å². The van der Waals surface area contributed by atoms with Crippen molar-refractivity contribution in [1.82, 2.24) is 15.3 Å². The van der Waals surface area contributed by atoms with Crippen molar-refractivity contribution in [3.05, 3.63) is 83.6 Å². The van der Waals surface area contributed by atoms with Gasteiger partial charge in [-0.25, -0.2) is 4.98 Å².